The summed E-state index contributed by atoms with van der Waals surface area (Å²) in [5.74, 6) is 17.8. The molecule has 37 heteroatoms. The molecule has 0 spiro atoms. The zero-order valence-electron chi connectivity index (χ0n) is 86.7. The Hall–Kier alpha value is -16.3. The lowest BCUT2D eigenvalue weighted by Crippen LogP contribution is -2.38. The van der Waals surface area contributed by atoms with Gasteiger partial charge in [-0.3, -0.25) is 38.7 Å². The molecule has 4 N–H and O–H groups in total. The van der Waals surface area contributed by atoms with E-state index in [1.165, 1.54) is 4.90 Å². The van der Waals surface area contributed by atoms with Gasteiger partial charge in [0, 0.05) is 245 Å². The lowest BCUT2D eigenvalue weighted by molar-refractivity contribution is 0.0238. The molecule has 1 amide bonds. The fourth-order valence-corrected chi connectivity index (χ4v) is 16.7. The van der Waals surface area contributed by atoms with E-state index >= 15 is 0 Å². The van der Waals surface area contributed by atoms with Gasteiger partial charge in [0.25, 0.3) is 0 Å². The van der Waals surface area contributed by atoms with Crippen molar-refractivity contribution in [3.8, 4) is 115 Å². The third kappa shape index (κ3) is 26.5. The summed E-state index contributed by atoms with van der Waals surface area (Å²) in [6.07, 6.45) is 20.4. The third-order valence-electron chi connectivity index (χ3n) is 24.8. The molecule has 2 fully saturated rings. The maximum absolute atomic E-state index is 12.5. The van der Waals surface area contributed by atoms with Gasteiger partial charge in [0.1, 0.15) is 62.8 Å². The van der Waals surface area contributed by atoms with Crippen molar-refractivity contribution in [1.82, 2.24) is 99.0 Å². The third-order valence-corrected chi connectivity index (χ3v) is 24.8. The van der Waals surface area contributed by atoms with Crippen LogP contribution in [0.15, 0.2) is 214 Å². The molecule has 8 aromatic carbocycles. The number of anilines is 8. The number of hydrogen-bond donors (Lipinski definition) is 4. The molecule has 10 heterocycles. The molecule has 2 aliphatic heterocycles. The highest BCUT2D eigenvalue weighted by atomic mass is 16.6. The Balaban J connectivity index is 0.000000148. The first-order valence-electron chi connectivity index (χ1n) is 47.9. The summed E-state index contributed by atoms with van der Waals surface area (Å²) in [6, 6.07) is 47.1. The topological polar surface area (TPSA) is 370 Å². The summed E-state index contributed by atoms with van der Waals surface area (Å²) in [5.41, 5.74) is 18.0. The normalized spacial score (nSPS) is 14.2. The molecule has 0 saturated carbocycles. The first kappa shape index (κ1) is 105. The van der Waals surface area contributed by atoms with E-state index in [0.717, 1.165) is 167 Å². The Morgan fingerprint density at radius 3 is 1.12 bits per heavy atom. The minimum atomic E-state index is -1.35. The second kappa shape index (κ2) is 47.0. The molecule has 37 nitrogen and oxygen atoms in total. The van der Waals surface area contributed by atoms with Crippen molar-refractivity contribution in [3.63, 3.8) is 0 Å². The SMILES string of the molecule is COc1cc(OC)cc(N(CC#CC2(O)CCN(C(=O)OC(C)(C)C)C2)c2ccc3ncc(-c4cnn(C)c4)nc3c2)c1.COc1cc(OC)cc(N(CC#CC2(O)CCNC2)c2ccc3ncc(-c4cnn(C)c4)nc3c2)c1.COc1cc(OC)cc(N(CCN(C)C(C)C)c2ccc3ncc(-c4cnn(C)c4)nc3c2)c1.COc1cc(OC)cc(N(CCO)c2ccc3ncc(-c4cnn(C)c4CN(C)C)nc3c2)c1. The van der Waals surface area contributed by atoms with Crippen LogP contribution in [0.2, 0.25) is 0 Å². The van der Waals surface area contributed by atoms with Crippen LogP contribution in [0, 0.1) is 23.7 Å². The minimum absolute atomic E-state index is 0.0210. The number of likely N-dealkylation sites (N-methyl/N-ethyl adjacent to an activating group) is 1. The van der Waals surface area contributed by atoms with Crippen LogP contribution in [-0.4, -0.2) is 281 Å². The number of aliphatic hydroxyl groups excluding tert-OH is 1. The van der Waals surface area contributed by atoms with Crippen molar-refractivity contribution in [2.24, 2.45) is 28.2 Å². The van der Waals surface area contributed by atoms with E-state index < -0.39 is 22.9 Å². The Morgan fingerprint density at radius 2 is 0.782 bits per heavy atom. The van der Waals surface area contributed by atoms with Crippen LogP contribution in [-0.2, 0) is 39.5 Å². The number of hydrogen-bond acceptors (Lipinski definition) is 32. The van der Waals surface area contributed by atoms with Gasteiger partial charge in [0.15, 0.2) is 0 Å². The van der Waals surface area contributed by atoms with E-state index in [-0.39, 0.29) is 19.7 Å². The number of β-amino-alcohol motifs (C(OH)–C–C–N with tert-alkyl or cyclic N) is 2. The first-order chi connectivity index (χ1) is 70.7. The highest BCUT2D eigenvalue weighted by Crippen LogP contribution is 2.41. The van der Waals surface area contributed by atoms with Crippen molar-refractivity contribution in [2.45, 2.75) is 76.9 Å². The maximum atomic E-state index is 12.5. The van der Waals surface area contributed by atoms with Gasteiger partial charge in [-0.1, -0.05) is 23.7 Å². The second-order valence-corrected chi connectivity index (χ2v) is 37.1. The number of amides is 1. The number of rotatable bonds is 30. The van der Waals surface area contributed by atoms with E-state index in [9.17, 15) is 20.1 Å². The molecule has 764 valence electrons. The number of carbonyl (C=O) groups is 1. The van der Waals surface area contributed by atoms with Gasteiger partial charge in [0.2, 0.25) is 0 Å². The summed E-state index contributed by atoms with van der Waals surface area (Å²) >= 11 is 0. The summed E-state index contributed by atoms with van der Waals surface area (Å²) in [5, 5.41) is 52.0. The average molecular weight is 1990 g/mol. The highest BCUT2D eigenvalue weighted by Gasteiger charge is 2.39. The number of aryl methyl sites for hydroxylation is 4. The van der Waals surface area contributed by atoms with Crippen molar-refractivity contribution < 1.29 is 62.7 Å². The molecule has 0 radical (unpaired) electrons. The number of benzene rings is 8. The Morgan fingerprint density at radius 1 is 0.429 bits per heavy atom. The Kier molecular flexibility index (Phi) is 33.6. The number of ether oxygens (including phenoxy) is 9. The van der Waals surface area contributed by atoms with Crippen molar-refractivity contribution in [1.29, 1.82) is 0 Å². The number of methoxy groups -OCH3 is 8. The van der Waals surface area contributed by atoms with Gasteiger partial charge in [-0.25, -0.2) is 24.7 Å². The summed E-state index contributed by atoms with van der Waals surface area (Å²) in [4.78, 5) is 64.7. The smallest absolute Gasteiger partial charge is 0.410 e. The van der Waals surface area contributed by atoms with Crippen LogP contribution in [0.4, 0.5) is 50.3 Å². The van der Waals surface area contributed by atoms with E-state index in [4.69, 9.17) is 62.6 Å². The Bertz CT molecular complexity index is 7350. The highest BCUT2D eigenvalue weighted by molar-refractivity contribution is 5.88. The lowest BCUT2D eigenvalue weighted by atomic mass is 10.0. The number of likely N-dealkylation sites (tertiary alicyclic amines) is 1. The van der Waals surface area contributed by atoms with E-state index in [1.807, 2.05) is 235 Å². The monoisotopic (exact) mass is 1990 g/mol. The maximum Gasteiger partial charge on any atom is 0.410 e. The van der Waals surface area contributed by atoms with E-state index in [1.54, 1.807) is 120 Å². The molecular weight excluding hydrogens is 1870 g/mol. The zero-order chi connectivity index (χ0) is 104. The van der Waals surface area contributed by atoms with Gasteiger partial charge in [0.05, 0.1) is 205 Å². The predicted octanol–water partition coefficient (Wildman–Crippen LogP) is 15.2. The standard InChI is InChI=1S/C32H36N6O5.C27H28N6O3.C26H32N6O2.C25H30N6O3/c1-31(2,3)43-30(39)37-13-11-32(40,21-37)10-7-12-38(24-14-25(41-5)17-26(15-24)42-6)23-8-9-27-28(16-23)35-29(19-33-27)22-18-34-36(4)20-22;1-32-17-19(15-30-32)26-16-29-24-6-5-20(13-25(24)31-26)33(10-4-7-27(34)8-9-28-18-27)21-11-22(35-2)14-23(12-21)36-3;1-18(2)30(3)9-10-32(21-11-22(33-5)14-23(12-21)34-6)20-7-8-24-25(13-20)29-26(16-27-24)19-15-28-31(4)17-19;1-29(2)16-25-21(14-27-30(25)3)24-15-26-22-7-6-17(12-23(22)28-24)31(8-9-32)18-10-19(33-4)13-20(11-18)34-5/h8-9,14-20,40H,11-13,21H2,1-6H3;5-6,11-17,28,34H,8-10,18H2,1-3H3;7-8,11-18H,9-10H2,1-6H3;6-7,10-15,32H,8-9,16H2,1-5H3. The van der Waals surface area contributed by atoms with Crippen LogP contribution in [0.3, 0.4) is 0 Å². The predicted molar refractivity (Wildman–Crippen MR) is 571 cm³/mol. The fraction of sp³-hybridized carbons (Fsp3) is 0.336. The molecule has 2 aliphatic rings. The molecule has 16 aromatic rings. The number of carbonyl (C=O) groups excluding carboxylic acids is 1. The quantitative estimate of drug-likeness (QED) is 0.0304. The zero-order valence-corrected chi connectivity index (χ0v) is 86.7. The summed E-state index contributed by atoms with van der Waals surface area (Å²) in [6.45, 7) is 14.9. The van der Waals surface area contributed by atoms with Gasteiger partial charge >= 0.3 is 6.09 Å². The molecule has 2 unspecified atom stereocenters. The van der Waals surface area contributed by atoms with Crippen molar-refractivity contribution >= 4 is 95.7 Å². The number of nitrogens with one attached hydrogen (secondary N) is 1. The van der Waals surface area contributed by atoms with Gasteiger partial charge in [-0.15, -0.1) is 0 Å². The number of nitrogens with zero attached hydrogens (tertiary/aromatic N) is 23. The van der Waals surface area contributed by atoms with E-state index in [2.05, 4.69) is 117 Å². The molecule has 2 atom stereocenters. The van der Waals surface area contributed by atoms with Crippen LogP contribution in [0.25, 0.3) is 89.2 Å². The minimum Gasteiger partial charge on any atom is -0.497 e. The van der Waals surface area contributed by atoms with Gasteiger partial charge < -0.3 is 97.6 Å². The molecule has 147 heavy (non-hydrogen) atoms. The van der Waals surface area contributed by atoms with E-state index in [0.29, 0.717) is 90.8 Å². The summed E-state index contributed by atoms with van der Waals surface area (Å²) < 4.78 is 56.6. The van der Waals surface area contributed by atoms with Gasteiger partial charge in [-0.2, -0.15) is 20.4 Å². The van der Waals surface area contributed by atoms with Gasteiger partial charge in [-0.05, 0) is 135 Å². The molecule has 18 rings (SSSR count). The molecule has 0 aliphatic carbocycles. The molecule has 2 saturated heterocycles. The van der Waals surface area contributed by atoms with Crippen LogP contribution < -0.4 is 62.8 Å². The Labute approximate surface area is 855 Å². The van der Waals surface area contributed by atoms with Crippen molar-refractivity contribution in [2.75, 3.05) is 163 Å². The number of aliphatic hydroxyl groups is 3. The number of fused-ring (bicyclic) bond motifs is 4. The fourth-order valence-electron chi connectivity index (χ4n) is 16.7. The summed E-state index contributed by atoms with van der Waals surface area (Å²) in [7, 11) is 26.8. The molecular formula is C110H126N24O13. The first-order valence-corrected chi connectivity index (χ1v) is 47.9. The second-order valence-electron chi connectivity index (χ2n) is 37.1. The number of aromatic nitrogens is 16. The van der Waals surface area contributed by atoms with Crippen LogP contribution in [0.5, 0.6) is 46.0 Å². The largest absolute Gasteiger partial charge is 0.497 e. The van der Waals surface area contributed by atoms with Crippen molar-refractivity contribution in [3.05, 3.63) is 219 Å². The van der Waals surface area contributed by atoms with Crippen LogP contribution >= 0.6 is 0 Å². The molecule has 0 bridgehead atoms. The average Bonchev–Trinajstić information content (AvgIpc) is 1.71. The van der Waals surface area contributed by atoms with Crippen LogP contribution in [0.1, 0.15) is 53.2 Å². The molecule has 8 aromatic heterocycles. The lowest BCUT2D eigenvalue weighted by Gasteiger charge is -2.29.